The molecular weight excluding hydrogens is 521 g/mol. The molecule has 0 saturated carbocycles. The first-order valence-corrected chi connectivity index (χ1v) is 9.34. The molecule has 2 rings (SSSR count). The number of ether oxygens (including phenoxy) is 2. The highest BCUT2D eigenvalue weighted by molar-refractivity contribution is 14.0. The first-order valence-electron chi connectivity index (χ1n) is 9.34. The third-order valence-corrected chi connectivity index (χ3v) is 4.16. The van der Waals surface area contributed by atoms with Crippen LogP contribution in [0.25, 0.3) is 0 Å². The number of benzene rings is 2. The normalized spacial score (nSPS) is 10.8. The lowest BCUT2D eigenvalue weighted by Gasteiger charge is -2.15. The number of alkyl halides is 2. The fraction of sp³-hybridized carbons (Fsp3) is 0.333. The van der Waals surface area contributed by atoms with Crippen molar-refractivity contribution in [2.75, 3.05) is 27.2 Å². The van der Waals surface area contributed by atoms with E-state index in [2.05, 4.69) is 25.7 Å². The van der Waals surface area contributed by atoms with Gasteiger partial charge in [-0.3, -0.25) is 9.79 Å². The van der Waals surface area contributed by atoms with Crippen LogP contribution in [0.4, 0.5) is 8.78 Å². The topological polar surface area (TPSA) is 84.0 Å². The van der Waals surface area contributed by atoms with Crippen LogP contribution in [0.1, 0.15) is 21.5 Å². The number of rotatable bonds is 9. The van der Waals surface area contributed by atoms with Gasteiger partial charge >= 0.3 is 6.61 Å². The third kappa shape index (κ3) is 8.95. The summed E-state index contributed by atoms with van der Waals surface area (Å²) in [5.41, 5.74) is 2.05. The van der Waals surface area contributed by atoms with Gasteiger partial charge in [-0.05, 0) is 37.3 Å². The van der Waals surface area contributed by atoms with Crippen molar-refractivity contribution < 1.29 is 23.0 Å². The predicted molar refractivity (Wildman–Crippen MR) is 127 cm³/mol. The summed E-state index contributed by atoms with van der Waals surface area (Å²) in [7, 11) is 3.16. The minimum absolute atomic E-state index is 0. The molecule has 0 aromatic heterocycles. The van der Waals surface area contributed by atoms with Gasteiger partial charge in [0.15, 0.2) is 5.96 Å². The molecule has 0 heterocycles. The summed E-state index contributed by atoms with van der Waals surface area (Å²) in [5, 5.41) is 8.90. The van der Waals surface area contributed by atoms with Crippen LogP contribution in [-0.2, 0) is 6.54 Å². The molecule has 7 nitrogen and oxygen atoms in total. The molecular formula is C21H27F2IN4O3. The smallest absolute Gasteiger partial charge is 0.387 e. The molecule has 3 N–H and O–H groups in total. The second kappa shape index (κ2) is 13.6. The van der Waals surface area contributed by atoms with Crippen LogP contribution in [0.2, 0.25) is 0 Å². The SMILES string of the molecule is CN=C(NCCNC(=O)c1ccc(OC)cc1)NCc1cc(C)ccc1OC(F)F.I. The zero-order valence-electron chi connectivity index (χ0n) is 17.6. The number of carbonyl (C=O) groups excluding carboxylic acids is 1. The minimum atomic E-state index is -2.89. The molecule has 10 heteroatoms. The van der Waals surface area contributed by atoms with Crippen molar-refractivity contribution in [3.63, 3.8) is 0 Å². The van der Waals surface area contributed by atoms with Crippen molar-refractivity contribution in [2.24, 2.45) is 4.99 Å². The molecule has 31 heavy (non-hydrogen) atoms. The van der Waals surface area contributed by atoms with Crippen molar-refractivity contribution in [1.82, 2.24) is 16.0 Å². The molecule has 0 aliphatic rings. The highest BCUT2D eigenvalue weighted by atomic mass is 127. The molecule has 0 bridgehead atoms. The molecule has 0 spiro atoms. The average Bonchev–Trinajstić information content (AvgIpc) is 2.74. The van der Waals surface area contributed by atoms with Gasteiger partial charge in [-0.15, -0.1) is 24.0 Å². The molecule has 0 saturated heterocycles. The van der Waals surface area contributed by atoms with E-state index in [4.69, 9.17) is 4.74 Å². The number of halogens is 3. The van der Waals surface area contributed by atoms with Gasteiger partial charge in [0.2, 0.25) is 0 Å². The van der Waals surface area contributed by atoms with Crippen molar-refractivity contribution in [3.05, 3.63) is 59.2 Å². The number of hydrogen-bond donors (Lipinski definition) is 3. The number of nitrogens with zero attached hydrogens (tertiary/aromatic N) is 1. The average molecular weight is 548 g/mol. The summed E-state index contributed by atoms with van der Waals surface area (Å²) >= 11 is 0. The molecule has 0 aliphatic heterocycles. The molecule has 0 radical (unpaired) electrons. The van der Waals surface area contributed by atoms with E-state index in [1.54, 1.807) is 50.6 Å². The van der Waals surface area contributed by atoms with Gasteiger partial charge in [-0.1, -0.05) is 17.7 Å². The molecule has 0 atom stereocenters. The number of hydrogen-bond acceptors (Lipinski definition) is 4. The maximum absolute atomic E-state index is 12.6. The standard InChI is InChI=1S/C21H26F2N4O3.HI/c1-14-4-9-18(30-20(22)23)16(12-14)13-27-21(24-2)26-11-10-25-19(28)15-5-7-17(29-3)8-6-15;/h4-9,12,20H,10-11,13H2,1-3H3,(H,25,28)(H2,24,26,27);1H. The van der Waals surface area contributed by atoms with Gasteiger partial charge < -0.3 is 25.4 Å². The Kier molecular flexibility index (Phi) is 11.6. The lowest BCUT2D eigenvalue weighted by Crippen LogP contribution is -2.41. The van der Waals surface area contributed by atoms with E-state index in [0.717, 1.165) is 5.56 Å². The van der Waals surface area contributed by atoms with E-state index in [-0.39, 0.29) is 42.2 Å². The fourth-order valence-electron chi connectivity index (χ4n) is 2.66. The second-order valence-electron chi connectivity index (χ2n) is 6.33. The molecule has 0 fully saturated rings. The third-order valence-electron chi connectivity index (χ3n) is 4.16. The van der Waals surface area contributed by atoms with Crippen molar-refractivity contribution in [2.45, 2.75) is 20.1 Å². The highest BCUT2D eigenvalue weighted by Crippen LogP contribution is 2.21. The van der Waals surface area contributed by atoms with Crippen molar-refractivity contribution in [3.8, 4) is 11.5 Å². The number of aryl methyl sites for hydroxylation is 1. The Morgan fingerprint density at radius 2 is 1.74 bits per heavy atom. The summed E-state index contributed by atoms with van der Waals surface area (Å²) in [4.78, 5) is 16.2. The van der Waals surface area contributed by atoms with Gasteiger partial charge in [-0.2, -0.15) is 8.78 Å². The van der Waals surface area contributed by atoms with Crippen molar-refractivity contribution in [1.29, 1.82) is 0 Å². The largest absolute Gasteiger partial charge is 0.497 e. The van der Waals surface area contributed by atoms with Crippen molar-refractivity contribution >= 4 is 35.8 Å². The Labute approximate surface area is 197 Å². The maximum atomic E-state index is 12.6. The Morgan fingerprint density at radius 3 is 2.35 bits per heavy atom. The molecule has 0 unspecified atom stereocenters. The Morgan fingerprint density at radius 1 is 1.06 bits per heavy atom. The van der Waals surface area contributed by atoms with Crippen LogP contribution in [0.3, 0.4) is 0 Å². The van der Waals surface area contributed by atoms with Crippen LogP contribution < -0.4 is 25.4 Å². The lowest BCUT2D eigenvalue weighted by atomic mass is 10.1. The molecule has 0 aliphatic carbocycles. The number of carbonyl (C=O) groups is 1. The Bertz CT molecular complexity index is 864. The number of nitrogens with one attached hydrogen (secondary N) is 3. The molecule has 2 aromatic carbocycles. The monoisotopic (exact) mass is 548 g/mol. The van der Waals surface area contributed by atoms with E-state index in [9.17, 15) is 13.6 Å². The van der Waals surface area contributed by atoms with Crippen LogP contribution in [0.5, 0.6) is 11.5 Å². The molecule has 170 valence electrons. The Hall–Kier alpha value is -2.63. The quantitative estimate of drug-likeness (QED) is 0.194. The minimum Gasteiger partial charge on any atom is -0.497 e. The molecule has 2 aromatic rings. The Balaban J connectivity index is 0.00000480. The first kappa shape index (κ1) is 26.4. The molecule has 1 amide bonds. The van der Waals surface area contributed by atoms with Gasteiger partial charge in [0.25, 0.3) is 5.91 Å². The van der Waals surface area contributed by atoms with Crippen LogP contribution in [0, 0.1) is 6.92 Å². The van der Waals surface area contributed by atoms with E-state index in [1.807, 2.05) is 6.92 Å². The summed E-state index contributed by atoms with van der Waals surface area (Å²) in [6.07, 6.45) is 0. The number of guanidine groups is 1. The summed E-state index contributed by atoms with van der Waals surface area (Å²) < 4.78 is 34.8. The lowest BCUT2D eigenvalue weighted by molar-refractivity contribution is -0.0504. The number of methoxy groups -OCH3 is 1. The fourth-order valence-corrected chi connectivity index (χ4v) is 2.66. The van der Waals surface area contributed by atoms with Gasteiger partial charge in [0.1, 0.15) is 11.5 Å². The van der Waals surface area contributed by atoms with Crippen LogP contribution in [-0.4, -0.2) is 45.7 Å². The highest BCUT2D eigenvalue weighted by Gasteiger charge is 2.11. The predicted octanol–water partition coefficient (Wildman–Crippen LogP) is 3.32. The summed E-state index contributed by atoms with van der Waals surface area (Å²) in [6.45, 7) is 0.0275. The van der Waals surface area contributed by atoms with Crippen LogP contribution in [0.15, 0.2) is 47.5 Å². The van der Waals surface area contributed by atoms with Crippen LogP contribution >= 0.6 is 24.0 Å². The number of amides is 1. The van der Waals surface area contributed by atoms with E-state index in [1.165, 1.54) is 6.07 Å². The van der Waals surface area contributed by atoms with Gasteiger partial charge in [0, 0.05) is 37.8 Å². The summed E-state index contributed by atoms with van der Waals surface area (Å²) in [6, 6.07) is 11.8. The first-order chi connectivity index (χ1) is 14.4. The number of aliphatic imine (C=N–C) groups is 1. The zero-order chi connectivity index (χ0) is 21.9. The second-order valence-corrected chi connectivity index (χ2v) is 6.33. The zero-order valence-corrected chi connectivity index (χ0v) is 19.9. The van der Waals surface area contributed by atoms with Gasteiger partial charge in [-0.25, -0.2) is 0 Å². The van der Waals surface area contributed by atoms with E-state index < -0.39 is 6.61 Å². The van der Waals surface area contributed by atoms with Gasteiger partial charge in [0.05, 0.1) is 7.11 Å². The maximum Gasteiger partial charge on any atom is 0.387 e. The van der Waals surface area contributed by atoms with E-state index >= 15 is 0 Å². The van der Waals surface area contributed by atoms with E-state index in [0.29, 0.717) is 35.9 Å². The summed E-state index contributed by atoms with van der Waals surface area (Å²) in [5.74, 6) is 1.07.